The molecule has 0 radical (unpaired) electrons. The van der Waals surface area contributed by atoms with Crippen molar-refractivity contribution in [1.82, 2.24) is 9.13 Å². The molecule has 0 saturated heterocycles. The summed E-state index contributed by atoms with van der Waals surface area (Å²) in [7, 11) is 0. The van der Waals surface area contributed by atoms with Gasteiger partial charge in [-0.2, -0.15) is 0 Å². The number of nitrogens with zero attached hydrogens (tertiary/aromatic N) is 2. The Hall–Kier alpha value is -5.64. The van der Waals surface area contributed by atoms with E-state index in [0.29, 0.717) is 0 Å². The predicted molar refractivity (Wildman–Crippen MR) is 193 cm³/mol. The van der Waals surface area contributed by atoms with Gasteiger partial charge in [-0.25, -0.2) is 0 Å². The Bertz CT molecular complexity index is 2740. The fourth-order valence-corrected chi connectivity index (χ4v) is 8.41. The Kier molecular flexibility index (Phi) is 5.19. The molecule has 0 amide bonds. The zero-order chi connectivity index (χ0) is 29.5. The molecule has 45 heavy (non-hydrogen) atoms. The van der Waals surface area contributed by atoms with Gasteiger partial charge in [-0.1, -0.05) is 97.1 Å². The highest BCUT2D eigenvalue weighted by molar-refractivity contribution is 7.25. The molecule has 0 aliphatic heterocycles. The molecule has 0 fully saturated rings. The van der Waals surface area contributed by atoms with Gasteiger partial charge in [0.1, 0.15) is 0 Å². The van der Waals surface area contributed by atoms with E-state index in [2.05, 4.69) is 167 Å². The van der Waals surface area contributed by atoms with E-state index in [1.54, 1.807) is 0 Å². The third kappa shape index (κ3) is 3.62. The van der Waals surface area contributed by atoms with Crippen LogP contribution in [0.4, 0.5) is 0 Å². The van der Waals surface area contributed by atoms with Crippen molar-refractivity contribution in [3.63, 3.8) is 0 Å². The van der Waals surface area contributed by atoms with E-state index in [-0.39, 0.29) is 0 Å². The lowest BCUT2D eigenvalue weighted by Crippen LogP contribution is -1.96. The molecule has 0 N–H and O–H groups in total. The van der Waals surface area contributed by atoms with Crippen LogP contribution >= 0.6 is 11.3 Å². The van der Waals surface area contributed by atoms with Gasteiger partial charge in [-0.3, -0.25) is 0 Å². The number of hydrogen-bond acceptors (Lipinski definition) is 1. The highest BCUT2D eigenvalue weighted by Gasteiger charge is 2.20. The van der Waals surface area contributed by atoms with Crippen LogP contribution in [0.3, 0.4) is 0 Å². The number of fused-ring (bicyclic) bond motifs is 9. The molecule has 7 aromatic carbocycles. The summed E-state index contributed by atoms with van der Waals surface area (Å²) in [4.78, 5) is 0. The van der Waals surface area contributed by atoms with Crippen LogP contribution in [0.5, 0.6) is 0 Å². The summed E-state index contributed by atoms with van der Waals surface area (Å²) in [5.74, 6) is 0. The monoisotopic (exact) mass is 590 g/mol. The highest BCUT2D eigenvalue weighted by Crippen LogP contribution is 2.43. The van der Waals surface area contributed by atoms with Crippen LogP contribution in [0.2, 0.25) is 0 Å². The number of para-hydroxylation sites is 2. The lowest BCUT2D eigenvalue weighted by molar-refractivity contribution is 1.17. The number of thiophene rings is 1. The topological polar surface area (TPSA) is 9.86 Å². The molecule has 0 aliphatic rings. The second-order valence-electron chi connectivity index (χ2n) is 11.8. The Balaban J connectivity index is 1.37. The lowest BCUT2D eigenvalue weighted by Gasteiger charge is -2.11. The maximum absolute atomic E-state index is 2.48. The molecule has 0 saturated carbocycles. The average Bonchev–Trinajstić information content (AvgIpc) is 3.74. The minimum atomic E-state index is 1.17. The summed E-state index contributed by atoms with van der Waals surface area (Å²) >= 11 is 1.88. The van der Waals surface area contributed by atoms with E-state index >= 15 is 0 Å². The molecule has 3 aromatic heterocycles. The summed E-state index contributed by atoms with van der Waals surface area (Å²) in [6.45, 7) is 0. The minimum Gasteiger partial charge on any atom is -0.309 e. The minimum absolute atomic E-state index is 1.17. The van der Waals surface area contributed by atoms with Crippen molar-refractivity contribution < 1.29 is 0 Å². The predicted octanol–water partition coefficient (Wildman–Crippen LogP) is 11.9. The van der Waals surface area contributed by atoms with Gasteiger partial charge in [0.2, 0.25) is 0 Å². The zero-order valence-electron chi connectivity index (χ0n) is 24.3. The van der Waals surface area contributed by atoms with Crippen molar-refractivity contribution in [3.05, 3.63) is 158 Å². The van der Waals surface area contributed by atoms with Crippen molar-refractivity contribution in [2.45, 2.75) is 0 Å². The van der Waals surface area contributed by atoms with Crippen LogP contribution in [0.1, 0.15) is 0 Å². The van der Waals surface area contributed by atoms with Crippen molar-refractivity contribution in [2.24, 2.45) is 0 Å². The molecule has 0 bridgehead atoms. The molecule has 0 aliphatic carbocycles. The van der Waals surface area contributed by atoms with E-state index in [0.717, 1.165) is 0 Å². The van der Waals surface area contributed by atoms with Crippen molar-refractivity contribution in [1.29, 1.82) is 0 Å². The summed E-state index contributed by atoms with van der Waals surface area (Å²) in [6.07, 6.45) is 0. The number of hydrogen-bond donors (Lipinski definition) is 0. The Labute approximate surface area is 263 Å². The first-order valence-corrected chi connectivity index (χ1v) is 16.2. The highest BCUT2D eigenvalue weighted by atomic mass is 32.1. The Morgan fingerprint density at radius 2 is 0.889 bits per heavy atom. The number of rotatable bonds is 3. The second kappa shape index (κ2) is 9.43. The van der Waals surface area contributed by atoms with Gasteiger partial charge in [-0.05, 0) is 71.8 Å². The average molecular weight is 591 g/mol. The molecule has 10 rings (SSSR count). The van der Waals surface area contributed by atoms with E-state index in [4.69, 9.17) is 0 Å². The molecule has 2 nitrogen and oxygen atoms in total. The number of benzene rings is 7. The second-order valence-corrected chi connectivity index (χ2v) is 12.9. The van der Waals surface area contributed by atoms with Gasteiger partial charge in [-0.15, -0.1) is 11.3 Å². The van der Waals surface area contributed by atoms with Crippen LogP contribution in [0.25, 0.3) is 86.3 Å². The van der Waals surface area contributed by atoms with E-state index in [1.165, 1.54) is 86.3 Å². The van der Waals surface area contributed by atoms with Crippen molar-refractivity contribution >= 4 is 75.1 Å². The van der Waals surface area contributed by atoms with Crippen LogP contribution in [0.15, 0.2) is 158 Å². The molecular weight excluding hydrogens is 565 g/mol. The zero-order valence-corrected chi connectivity index (χ0v) is 25.1. The molecule has 3 heteroatoms. The molecule has 0 unspecified atom stereocenters. The first-order chi connectivity index (χ1) is 22.3. The van der Waals surface area contributed by atoms with Crippen LogP contribution < -0.4 is 0 Å². The molecular formula is C42H26N2S. The normalized spacial score (nSPS) is 12.0. The van der Waals surface area contributed by atoms with Gasteiger partial charge in [0, 0.05) is 53.1 Å². The van der Waals surface area contributed by atoms with Gasteiger partial charge in [0.05, 0.1) is 22.1 Å². The van der Waals surface area contributed by atoms with Gasteiger partial charge in [0.25, 0.3) is 0 Å². The Morgan fingerprint density at radius 3 is 1.71 bits per heavy atom. The Morgan fingerprint density at radius 1 is 0.311 bits per heavy atom. The molecule has 0 spiro atoms. The van der Waals surface area contributed by atoms with Gasteiger partial charge < -0.3 is 9.13 Å². The summed E-state index contributed by atoms with van der Waals surface area (Å²) < 4.78 is 7.54. The third-order valence-electron chi connectivity index (χ3n) is 9.28. The summed E-state index contributed by atoms with van der Waals surface area (Å²) in [5.41, 5.74) is 9.65. The van der Waals surface area contributed by atoms with Crippen LogP contribution in [-0.4, -0.2) is 9.13 Å². The first kappa shape index (κ1) is 24.8. The first-order valence-electron chi connectivity index (χ1n) is 15.4. The van der Waals surface area contributed by atoms with E-state index in [9.17, 15) is 0 Å². The quantitative estimate of drug-likeness (QED) is 0.194. The molecule has 210 valence electrons. The van der Waals surface area contributed by atoms with Gasteiger partial charge in [0.15, 0.2) is 0 Å². The maximum atomic E-state index is 2.48. The molecule has 3 heterocycles. The SMILES string of the molecule is c1ccc(-c2cccc(-n3c4cc5sc6ccccc6c5cc4c4cc5c6ccccc6n(-c6ccccc6)c5cc43)c2)cc1. The van der Waals surface area contributed by atoms with Gasteiger partial charge >= 0.3 is 0 Å². The van der Waals surface area contributed by atoms with E-state index in [1.807, 2.05) is 11.3 Å². The van der Waals surface area contributed by atoms with Crippen LogP contribution in [-0.2, 0) is 0 Å². The smallest absolute Gasteiger partial charge is 0.0562 e. The fourth-order valence-electron chi connectivity index (χ4n) is 7.28. The standard InChI is InChI=1S/C42H26N2S/c1-3-12-27(13-4-1)28-14-11-17-30(22-28)44-39-25-38-33(31-18-7-9-20-37(31)43(38)29-15-5-2-6-16-29)23-34(39)35-24-36-32-19-8-10-21-41(32)45-42(36)26-40(35)44/h1-26H. The fraction of sp³-hybridized carbons (Fsp3) is 0. The van der Waals surface area contributed by atoms with E-state index < -0.39 is 0 Å². The van der Waals surface area contributed by atoms with Crippen LogP contribution in [0, 0.1) is 0 Å². The summed E-state index contributed by atoms with van der Waals surface area (Å²) in [6, 6.07) is 57.7. The van der Waals surface area contributed by atoms with Crippen molar-refractivity contribution in [3.8, 4) is 22.5 Å². The van der Waals surface area contributed by atoms with Crippen molar-refractivity contribution in [2.75, 3.05) is 0 Å². The largest absolute Gasteiger partial charge is 0.309 e. The third-order valence-corrected chi connectivity index (χ3v) is 10.4. The summed E-state index contributed by atoms with van der Waals surface area (Å²) in [5, 5.41) is 7.75. The lowest BCUT2D eigenvalue weighted by atomic mass is 10.1. The maximum Gasteiger partial charge on any atom is 0.0562 e. The molecule has 0 atom stereocenters. The number of aromatic nitrogens is 2. The molecule has 10 aromatic rings.